The van der Waals surface area contributed by atoms with Crippen LogP contribution in [0.4, 0.5) is 10.7 Å². The highest BCUT2D eigenvalue weighted by atomic mass is 32.1. The number of rotatable bonds is 8. The summed E-state index contributed by atoms with van der Waals surface area (Å²) in [6, 6.07) is 8.13. The maximum Gasteiger partial charge on any atom is 0.341 e. The first-order valence-electron chi connectivity index (χ1n) is 9.65. The molecular weight excluding hydrogens is 464 g/mol. The molecule has 0 spiro atoms. The van der Waals surface area contributed by atoms with E-state index < -0.39 is 10.9 Å². The molecule has 0 aliphatic rings. The van der Waals surface area contributed by atoms with E-state index in [1.165, 1.54) is 36.6 Å². The average Bonchev–Trinajstić information content (AvgIpc) is 3.39. The molecule has 9 nitrogen and oxygen atoms in total. The molecule has 33 heavy (non-hydrogen) atoms. The Hall–Kier alpha value is -3.88. The number of hydrogen-bond acceptors (Lipinski definition) is 10. The van der Waals surface area contributed by atoms with Gasteiger partial charge in [0.1, 0.15) is 21.7 Å². The van der Waals surface area contributed by atoms with E-state index in [0.717, 1.165) is 11.3 Å². The van der Waals surface area contributed by atoms with Crippen molar-refractivity contribution < 1.29 is 19.2 Å². The van der Waals surface area contributed by atoms with Gasteiger partial charge in [0, 0.05) is 29.3 Å². The van der Waals surface area contributed by atoms with Crippen LogP contribution in [0, 0.1) is 28.4 Å². The molecule has 2 heterocycles. The number of hydrogen-bond donors (Lipinski definition) is 1. The quantitative estimate of drug-likeness (QED) is 0.147. The zero-order chi connectivity index (χ0) is 24.1. The van der Waals surface area contributed by atoms with Crippen molar-refractivity contribution in [3.63, 3.8) is 0 Å². The third-order valence-corrected chi connectivity index (χ3v) is 6.70. The number of carbonyl (C=O) groups is 2. The molecule has 11 heteroatoms. The second-order valence-electron chi connectivity index (χ2n) is 6.70. The fraction of sp³-hybridized carbons (Fsp3) is 0.182. The molecule has 0 amide bonds. The summed E-state index contributed by atoms with van der Waals surface area (Å²) in [5.74, 6) is -0.738. The molecule has 0 radical (unpaired) electrons. The molecule has 0 saturated heterocycles. The molecule has 0 aliphatic heterocycles. The number of ketones is 1. The summed E-state index contributed by atoms with van der Waals surface area (Å²) in [7, 11) is 0. The number of nitro groups is 1. The Balaban J connectivity index is 1.93. The molecule has 0 atom stereocenters. The Morgan fingerprint density at radius 3 is 2.79 bits per heavy atom. The van der Waals surface area contributed by atoms with Crippen LogP contribution in [0.3, 0.4) is 0 Å². The van der Waals surface area contributed by atoms with E-state index in [2.05, 4.69) is 16.4 Å². The number of aromatic nitrogens is 1. The van der Waals surface area contributed by atoms with Crippen molar-refractivity contribution in [2.45, 2.75) is 20.8 Å². The summed E-state index contributed by atoms with van der Waals surface area (Å²) in [5.41, 5.74) is 1.96. The average molecular weight is 483 g/mol. The number of nitro benzene ring substituents is 1. The normalized spacial score (nSPS) is 11.0. The van der Waals surface area contributed by atoms with Crippen molar-refractivity contribution in [1.82, 2.24) is 4.98 Å². The Morgan fingerprint density at radius 1 is 1.39 bits per heavy atom. The molecule has 2 aromatic heterocycles. The monoisotopic (exact) mass is 482 g/mol. The van der Waals surface area contributed by atoms with E-state index in [9.17, 15) is 25.0 Å². The Bertz CT molecular complexity index is 1320. The number of ether oxygens (including phenoxy) is 1. The number of carbonyl (C=O) groups excluding carboxylic acids is 2. The molecule has 0 saturated carbocycles. The van der Waals surface area contributed by atoms with Crippen molar-refractivity contribution >= 4 is 50.7 Å². The maximum atomic E-state index is 12.4. The third kappa shape index (κ3) is 5.14. The SMILES string of the molecule is CCOC(=O)c1c(N/C=C(/C#N)c2nc(-c3cccc([N+](=O)[O-])c3)cs2)sc(C(C)=O)c1C. The molecule has 168 valence electrons. The molecule has 3 aromatic rings. The van der Waals surface area contributed by atoms with Crippen LogP contribution in [0.1, 0.15) is 44.4 Å². The Morgan fingerprint density at radius 2 is 2.15 bits per heavy atom. The number of non-ortho nitro benzene ring substituents is 1. The largest absolute Gasteiger partial charge is 0.462 e. The van der Waals surface area contributed by atoms with Gasteiger partial charge in [0.05, 0.1) is 27.7 Å². The van der Waals surface area contributed by atoms with Crippen LogP contribution in [0.25, 0.3) is 16.8 Å². The fourth-order valence-electron chi connectivity index (χ4n) is 2.99. The lowest BCUT2D eigenvalue weighted by Gasteiger charge is -2.05. The van der Waals surface area contributed by atoms with Crippen LogP contribution in [-0.4, -0.2) is 28.3 Å². The molecule has 3 rings (SSSR count). The first kappa shape index (κ1) is 23.8. The van der Waals surface area contributed by atoms with Crippen LogP contribution in [0.5, 0.6) is 0 Å². The van der Waals surface area contributed by atoms with Gasteiger partial charge in [0.25, 0.3) is 5.69 Å². The predicted octanol–water partition coefficient (Wildman–Crippen LogP) is 5.44. The number of nitriles is 1. The van der Waals surface area contributed by atoms with Gasteiger partial charge in [-0.1, -0.05) is 12.1 Å². The zero-order valence-corrected chi connectivity index (χ0v) is 19.5. The number of thiophene rings is 1. The van der Waals surface area contributed by atoms with Crippen molar-refractivity contribution in [1.29, 1.82) is 5.26 Å². The summed E-state index contributed by atoms with van der Waals surface area (Å²) in [6.07, 6.45) is 1.41. The Labute approximate surface area is 197 Å². The first-order chi connectivity index (χ1) is 15.8. The number of esters is 1. The van der Waals surface area contributed by atoms with Crippen molar-refractivity contribution in [3.8, 4) is 17.3 Å². The minimum Gasteiger partial charge on any atom is -0.462 e. The third-order valence-electron chi connectivity index (χ3n) is 4.50. The molecule has 0 fully saturated rings. The van der Waals surface area contributed by atoms with Gasteiger partial charge in [0.2, 0.25) is 0 Å². The fourth-order valence-corrected chi connectivity index (χ4v) is 4.84. The summed E-state index contributed by atoms with van der Waals surface area (Å²) in [5, 5.41) is 26.1. The minimum absolute atomic E-state index is 0.0550. The van der Waals surface area contributed by atoms with E-state index in [1.807, 2.05) is 0 Å². The van der Waals surface area contributed by atoms with Crippen LogP contribution in [0.15, 0.2) is 35.8 Å². The smallest absolute Gasteiger partial charge is 0.341 e. The van der Waals surface area contributed by atoms with Gasteiger partial charge in [-0.2, -0.15) is 5.26 Å². The van der Waals surface area contributed by atoms with E-state index >= 15 is 0 Å². The topological polar surface area (TPSA) is 135 Å². The zero-order valence-electron chi connectivity index (χ0n) is 17.9. The second kappa shape index (κ2) is 10.2. The number of thiazole rings is 1. The van der Waals surface area contributed by atoms with E-state index in [-0.39, 0.29) is 29.2 Å². The van der Waals surface area contributed by atoms with Crippen LogP contribution >= 0.6 is 22.7 Å². The molecule has 1 aromatic carbocycles. The summed E-state index contributed by atoms with van der Waals surface area (Å²) in [4.78, 5) is 39.8. The highest BCUT2D eigenvalue weighted by Gasteiger charge is 2.24. The van der Waals surface area contributed by atoms with Gasteiger partial charge in [-0.25, -0.2) is 9.78 Å². The first-order valence-corrected chi connectivity index (χ1v) is 11.3. The van der Waals surface area contributed by atoms with Gasteiger partial charge < -0.3 is 10.1 Å². The summed E-state index contributed by atoms with van der Waals surface area (Å²) < 4.78 is 5.11. The van der Waals surface area contributed by atoms with Crippen molar-refractivity contribution in [2.24, 2.45) is 0 Å². The summed E-state index contributed by atoms with van der Waals surface area (Å²) >= 11 is 2.31. The van der Waals surface area contributed by atoms with Gasteiger partial charge in [-0.15, -0.1) is 22.7 Å². The van der Waals surface area contributed by atoms with E-state index in [0.29, 0.717) is 31.7 Å². The number of anilines is 1. The van der Waals surface area contributed by atoms with Gasteiger partial charge in [0.15, 0.2) is 5.78 Å². The lowest BCUT2D eigenvalue weighted by Crippen LogP contribution is -2.08. The van der Waals surface area contributed by atoms with Crippen LogP contribution < -0.4 is 5.32 Å². The van der Waals surface area contributed by atoms with Crippen LogP contribution in [0.2, 0.25) is 0 Å². The van der Waals surface area contributed by atoms with Crippen molar-refractivity contribution in [3.05, 3.63) is 67.0 Å². The molecule has 0 unspecified atom stereocenters. The summed E-state index contributed by atoms with van der Waals surface area (Å²) in [6.45, 7) is 4.96. The lowest BCUT2D eigenvalue weighted by molar-refractivity contribution is -0.384. The maximum absolute atomic E-state index is 12.4. The molecular formula is C22H18N4O5S2. The number of allylic oxidation sites excluding steroid dienone is 1. The lowest BCUT2D eigenvalue weighted by atomic mass is 10.1. The predicted molar refractivity (Wildman–Crippen MR) is 126 cm³/mol. The van der Waals surface area contributed by atoms with E-state index in [4.69, 9.17) is 4.74 Å². The van der Waals surface area contributed by atoms with Gasteiger partial charge in [-0.05, 0) is 26.3 Å². The van der Waals surface area contributed by atoms with Gasteiger partial charge >= 0.3 is 5.97 Å². The second-order valence-corrected chi connectivity index (χ2v) is 8.58. The van der Waals surface area contributed by atoms with Gasteiger partial charge in [-0.3, -0.25) is 14.9 Å². The van der Waals surface area contributed by atoms with Crippen LogP contribution in [-0.2, 0) is 4.74 Å². The highest BCUT2D eigenvalue weighted by Crippen LogP contribution is 2.35. The highest BCUT2D eigenvalue weighted by molar-refractivity contribution is 7.18. The van der Waals surface area contributed by atoms with E-state index in [1.54, 1.807) is 31.4 Å². The number of nitrogens with zero attached hydrogens (tertiary/aromatic N) is 3. The molecule has 1 N–H and O–H groups in total. The van der Waals surface area contributed by atoms with Crippen molar-refractivity contribution in [2.75, 3.05) is 11.9 Å². The number of benzene rings is 1. The molecule has 0 bridgehead atoms. The standard InChI is InChI=1S/C22H18N4O5S2/c1-4-31-22(28)18-12(2)19(13(3)27)33-21(18)24-10-15(9-23)20-25-17(11-32-20)14-6-5-7-16(8-14)26(29)30/h5-8,10-11,24H,4H2,1-3H3/b15-10-. The minimum atomic E-state index is -0.560. The molecule has 0 aliphatic carbocycles. The number of Topliss-reactive ketones (excluding diaryl/α,β-unsaturated/α-hetero) is 1. The Kier molecular flexibility index (Phi) is 7.32. The number of nitrogens with one attached hydrogen (secondary N) is 1.